The van der Waals surface area contributed by atoms with Gasteiger partial charge in [0.15, 0.2) is 0 Å². The van der Waals surface area contributed by atoms with E-state index in [0.717, 1.165) is 6.42 Å². The van der Waals surface area contributed by atoms with Crippen molar-refractivity contribution in [3.8, 4) is 22.3 Å². The highest BCUT2D eigenvalue weighted by molar-refractivity contribution is 7.31. The molecule has 36 heavy (non-hydrogen) atoms. The zero-order chi connectivity index (χ0) is 26.9. The van der Waals surface area contributed by atoms with Gasteiger partial charge < -0.3 is 0 Å². The van der Waals surface area contributed by atoms with Gasteiger partial charge >= 0.3 is 16.5 Å². The van der Waals surface area contributed by atoms with E-state index < -0.39 is 16.5 Å². The summed E-state index contributed by atoms with van der Waals surface area (Å²) in [5.74, 6) is 0. The number of hydrogen-bond donors (Lipinski definition) is 4. The number of hydrogen-bond acceptors (Lipinski definition) is 2. The molecule has 194 valence electrons. The van der Waals surface area contributed by atoms with Crippen LogP contribution in [0.2, 0.25) is 0 Å². The Kier molecular flexibility index (Phi) is 15.9. The van der Waals surface area contributed by atoms with E-state index in [4.69, 9.17) is 28.7 Å². The fourth-order valence-electron chi connectivity index (χ4n) is 3.99. The monoisotopic (exact) mass is 532 g/mol. The van der Waals surface area contributed by atoms with Gasteiger partial charge in [-0.15, -0.1) is 19.6 Å². The fourth-order valence-corrected chi connectivity index (χ4v) is 3.99. The second kappa shape index (κ2) is 18.0. The third-order valence-electron chi connectivity index (χ3n) is 5.71. The van der Waals surface area contributed by atoms with Gasteiger partial charge in [-0.1, -0.05) is 100 Å². The molecule has 6 nitrogen and oxygen atoms in total. The van der Waals surface area contributed by atoms with E-state index in [-0.39, 0.29) is 0 Å². The van der Waals surface area contributed by atoms with E-state index in [2.05, 4.69) is 87.5 Å². The topological polar surface area (TPSA) is 115 Å². The fraction of sp³-hybridized carbons (Fsp3) is 0.357. The van der Waals surface area contributed by atoms with Gasteiger partial charge in [0.05, 0.1) is 0 Å². The van der Waals surface area contributed by atoms with Crippen molar-refractivity contribution in [3.05, 3.63) is 83.4 Å². The standard InChI is InChI=1S/C28H34.2HO3P/c1-4-7-12-26-21-28(27(13-8-5-2)20-22(26)6-3)25-18-16-24(17-19-25)23-14-10-9-11-15-23;2*1-4(2)3/h9-11,14-21H,4-8,12-13H2,1-3H3;2*(H-,1,2,3)/p+2. The molecule has 0 atom stereocenters. The summed E-state index contributed by atoms with van der Waals surface area (Å²) in [6, 6.07) is 24.8. The molecule has 0 fully saturated rings. The largest absolute Gasteiger partial charge is 0.692 e. The average molecular weight is 533 g/mol. The van der Waals surface area contributed by atoms with Crippen LogP contribution >= 0.6 is 16.5 Å². The number of aryl methyl sites for hydroxylation is 3. The Morgan fingerprint density at radius 1 is 0.583 bits per heavy atom. The molecule has 0 aliphatic rings. The lowest BCUT2D eigenvalue weighted by Gasteiger charge is -2.17. The van der Waals surface area contributed by atoms with Crippen molar-refractivity contribution in [1.29, 1.82) is 0 Å². The Balaban J connectivity index is 0.000000709. The molecule has 0 aliphatic carbocycles. The van der Waals surface area contributed by atoms with Crippen LogP contribution in [0, 0.1) is 0 Å². The van der Waals surface area contributed by atoms with Crippen LogP contribution in [0.4, 0.5) is 0 Å². The van der Waals surface area contributed by atoms with Crippen molar-refractivity contribution < 1.29 is 28.7 Å². The van der Waals surface area contributed by atoms with Crippen LogP contribution in [-0.2, 0) is 28.4 Å². The summed E-state index contributed by atoms with van der Waals surface area (Å²) in [7, 11) is -5.74. The Morgan fingerprint density at radius 3 is 1.50 bits per heavy atom. The van der Waals surface area contributed by atoms with Crippen LogP contribution in [0.25, 0.3) is 22.3 Å². The quantitative estimate of drug-likeness (QED) is 0.212. The molecule has 0 amide bonds. The Hall–Kier alpha value is -2.30. The molecule has 0 radical (unpaired) electrons. The van der Waals surface area contributed by atoms with E-state index in [1.165, 1.54) is 66.3 Å². The SMILES string of the molecule is CCCCc1cc(-c2ccc(-c3ccccc3)cc2)c(CCCC)cc1CC.O=[P+](O)O.O=[P+](O)O. The molecule has 0 aliphatic heterocycles. The predicted octanol–water partition coefficient (Wildman–Crippen LogP) is 7.53. The smallest absolute Gasteiger partial charge is 0.134 e. The molecule has 0 spiro atoms. The van der Waals surface area contributed by atoms with E-state index in [9.17, 15) is 0 Å². The molecule has 0 heterocycles. The van der Waals surface area contributed by atoms with Gasteiger partial charge in [-0.05, 0) is 71.0 Å². The Labute approximate surface area is 216 Å². The normalized spacial score (nSPS) is 9.97. The Morgan fingerprint density at radius 2 is 1.03 bits per heavy atom. The van der Waals surface area contributed by atoms with Crippen molar-refractivity contribution in [2.45, 2.75) is 65.7 Å². The molecule has 0 unspecified atom stereocenters. The Bertz CT molecular complexity index is 1050. The third-order valence-corrected chi connectivity index (χ3v) is 5.71. The summed E-state index contributed by atoms with van der Waals surface area (Å²) >= 11 is 0. The first kappa shape index (κ1) is 31.7. The zero-order valence-corrected chi connectivity index (χ0v) is 23.1. The molecule has 0 saturated carbocycles. The first-order valence-corrected chi connectivity index (χ1v) is 14.6. The van der Waals surface area contributed by atoms with Crippen LogP contribution in [0.5, 0.6) is 0 Å². The molecule has 0 bridgehead atoms. The van der Waals surface area contributed by atoms with Gasteiger partial charge in [0.2, 0.25) is 0 Å². The van der Waals surface area contributed by atoms with Gasteiger partial charge in [-0.25, -0.2) is 0 Å². The van der Waals surface area contributed by atoms with Crippen LogP contribution < -0.4 is 0 Å². The molecule has 3 aromatic rings. The van der Waals surface area contributed by atoms with Crippen molar-refractivity contribution in [2.24, 2.45) is 0 Å². The average Bonchev–Trinajstić information content (AvgIpc) is 2.86. The van der Waals surface area contributed by atoms with E-state index in [1.54, 1.807) is 11.1 Å². The lowest BCUT2D eigenvalue weighted by Crippen LogP contribution is -2.00. The van der Waals surface area contributed by atoms with Gasteiger partial charge in [-0.2, -0.15) is 0 Å². The molecule has 3 aromatic carbocycles. The number of rotatable bonds is 9. The first-order chi connectivity index (χ1) is 17.2. The molecular formula is C28H38O6P2+2. The van der Waals surface area contributed by atoms with Gasteiger partial charge in [0, 0.05) is 9.13 Å². The first-order valence-electron chi connectivity index (χ1n) is 12.2. The van der Waals surface area contributed by atoms with Crippen LogP contribution in [0.15, 0.2) is 66.7 Å². The summed E-state index contributed by atoms with van der Waals surface area (Å²) < 4.78 is 17.4. The van der Waals surface area contributed by atoms with Crippen LogP contribution in [-0.4, -0.2) is 19.6 Å². The highest BCUT2D eigenvalue weighted by atomic mass is 31.1. The summed E-state index contributed by atoms with van der Waals surface area (Å²) in [5, 5.41) is 0. The molecular weight excluding hydrogens is 494 g/mol. The molecule has 0 saturated heterocycles. The maximum absolute atomic E-state index is 8.70. The molecule has 8 heteroatoms. The van der Waals surface area contributed by atoms with Gasteiger partial charge in [0.25, 0.3) is 0 Å². The summed E-state index contributed by atoms with van der Waals surface area (Å²) in [4.78, 5) is 28.5. The van der Waals surface area contributed by atoms with E-state index in [1.807, 2.05) is 0 Å². The lowest BCUT2D eigenvalue weighted by molar-refractivity contribution is 0.403. The zero-order valence-electron chi connectivity index (χ0n) is 21.3. The highest BCUT2D eigenvalue weighted by Gasteiger charge is 2.11. The summed E-state index contributed by atoms with van der Waals surface area (Å²) in [5.41, 5.74) is 9.98. The second-order valence-corrected chi connectivity index (χ2v) is 9.30. The van der Waals surface area contributed by atoms with Crippen LogP contribution in [0.3, 0.4) is 0 Å². The molecule has 4 N–H and O–H groups in total. The van der Waals surface area contributed by atoms with Crippen molar-refractivity contribution in [2.75, 3.05) is 0 Å². The maximum atomic E-state index is 8.70. The number of benzene rings is 3. The predicted molar refractivity (Wildman–Crippen MR) is 148 cm³/mol. The third kappa shape index (κ3) is 12.1. The minimum atomic E-state index is -2.87. The number of unbranched alkanes of at least 4 members (excludes halogenated alkanes) is 2. The van der Waals surface area contributed by atoms with Gasteiger partial charge in [-0.3, -0.25) is 0 Å². The van der Waals surface area contributed by atoms with Crippen molar-refractivity contribution in [3.63, 3.8) is 0 Å². The van der Waals surface area contributed by atoms with Crippen molar-refractivity contribution in [1.82, 2.24) is 0 Å². The minimum Gasteiger partial charge on any atom is -0.134 e. The van der Waals surface area contributed by atoms with Crippen LogP contribution in [0.1, 0.15) is 63.1 Å². The highest BCUT2D eigenvalue weighted by Crippen LogP contribution is 2.31. The lowest BCUT2D eigenvalue weighted by atomic mass is 9.88. The molecule has 3 rings (SSSR count). The summed E-state index contributed by atoms with van der Waals surface area (Å²) in [6.45, 7) is 6.86. The van der Waals surface area contributed by atoms with E-state index >= 15 is 0 Å². The second-order valence-electron chi connectivity index (χ2n) is 8.29. The minimum absolute atomic E-state index is 1.13. The van der Waals surface area contributed by atoms with Crippen molar-refractivity contribution >= 4 is 16.5 Å². The maximum Gasteiger partial charge on any atom is 0.692 e. The van der Waals surface area contributed by atoms with Gasteiger partial charge in [0.1, 0.15) is 0 Å². The van der Waals surface area contributed by atoms with E-state index in [0.29, 0.717) is 0 Å². The summed E-state index contributed by atoms with van der Waals surface area (Å²) in [6.07, 6.45) is 8.52. The molecule has 0 aromatic heterocycles.